The number of amides is 1. The second kappa shape index (κ2) is 12.4. The number of aromatic amines is 1. The first kappa shape index (κ1) is 26.9. The lowest BCUT2D eigenvalue weighted by Crippen LogP contribution is -2.40. The van der Waals surface area contributed by atoms with E-state index in [-0.39, 0.29) is 12.2 Å². The summed E-state index contributed by atoms with van der Waals surface area (Å²) in [5.74, 6) is 1.06. The van der Waals surface area contributed by atoms with Crippen LogP contribution in [0.15, 0.2) is 47.5 Å². The van der Waals surface area contributed by atoms with Gasteiger partial charge in [-0.2, -0.15) is 5.10 Å². The Morgan fingerprint density at radius 3 is 2.89 bits per heavy atom. The second-order valence-corrected chi connectivity index (χ2v) is 8.88. The standard InChI is InChI=1S/C26H32FN7O4/c1-16(35)14-29-7-4-8-38-23-13-21-20(12-22(23)37-2)26(31-25-11-18(32-33-25)10-24(28)36)34(15-30-21)19-6-3-5-17(27)9-19/h3,5-6,9,11-13,16,29-30,35H,4,7-8,10,14-15H2,1-2H3,(H2,28,36)(H,32,33)/t16-/m0/s1. The molecule has 2 aromatic carbocycles. The van der Waals surface area contributed by atoms with Gasteiger partial charge in [0.25, 0.3) is 0 Å². The fourth-order valence-corrected chi connectivity index (χ4v) is 4.01. The zero-order valence-corrected chi connectivity index (χ0v) is 21.3. The predicted octanol–water partition coefficient (Wildman–Crippen LogP) is 2.29. The van der Waals surface area contributed by atoms with E-state index in [1.807, 2.05) is 17.0 Å². The molecule has 202 valence electrons. The quantitative estimate of drug-likeness (QED) is 0.226. The normalized spacial score (nSPS) is 14.6. The summed E-state index contributed by atoms with van der Waals surface area (Å²) in [6.45, 7) is 3.72. The molecule has 0 unspecified atom stereocenters. The highest BCUT2D eigenvalue weighted by atomic mass is 19.1. The minimum absolute atomic E-state index is 0.00662. The number of nitrogens with two attached hydrogens (primary N) is 1. The van der Waals surface area contributed by atoms with E-state index >= 15 is 0 Å². The van der Waals surface area contributed by atoms with Gasteiger partial charge >= 0.3 is 0 Å². The average molecular weight is 526 g/mol. The van der Waals surface area contributed by atoms with Crippen LogP contribution in [0.4, 0.5) is 21.6 Å². The molecule has 1 atom stereocenters. The Morgan fingerprint density at radius 2 is 2.16 bits per heavy atom. The van der Waals surface area contributed by atoms with Crippen LogP contribution in [0.2, 0.25) is 0 Å². The van der Waals surface area contributed by atoms with Crippen LogP contribution >= 0.6 is 0 Å². The van der Waals surface area contributed by atoms with Crippen molar-refractivity contribution in [2.75, 3.05) is 43.7 Å². The number of fused-ring (bicyclic) bond motifs is 1. The van der Waals surface area contributed by atoms with Gasteiger partial charge in [0.2, 0.25) is 5.91 Å². The van der Waals surface area contributed by atoms with Gasteiger partial charge in [0.15, 0.2) is 17.3 Å². The largest absolute Gasteiger partial charge is 0.493 e. The Bertz CT molecular complexity index is 1290. The number of nitrogens with one attached hydrogen (secondary N) is 3. The Kier molecular flexibility index (Phi) is 8.77. The van der Waals surface area contributed by atoms with Crippen LogP contribution < -0.4 is 30.7 Å². The highest BCUT2D eigenvalue weighted by molar-refractivity contribution is 6.16. The molecule has 38 heavy (non-hydrogen) atoms. The van der Waals surface area contributed by atoms with Crippen molar-refractivity contribution < 1.29 is 23.8 Å². The van der Waals surface area contributed by atoms with Crippen LogP contribution in [0.5, 0.6) is 11.5 Å². The highest BCUT2D eigenvalue weighted by Crippen LogP contribution is 2.38. The van der Waals surface area contributed by atoms with E-state index in [1.54, 1.807) is 32.2 Å². The van der Waals surface area contributed by atoms with E-state index in [1.165, 1.54) is 12.1 Å². The van der Waals surface area contributed by atoms with Crippen LogP contribution in [0.3, 0.4) is 0 Å². The minimum atomic E-state index is -0.488. The van der Waals surface area contributed by atoms with Crippen molar-refractivity contribution in [1.82, 2.24) is 15.5 Å². The SMILES string of the molecule is COc1cc2c(cc1OCCCNC[C@H](C)O)NCN(c1cccc(F)c1)C2=Nc1cc(CC(N)=O)[nH]n1. The maximum absolute atomic E-state index is 14.1. The third-order valence-electron chi connectivity index (χ3n) is 5.75. The van der Waals surface area contributed by atoms with Gasteiger partial charge in [-0.25, -0.2) is 9.38 Å². The van der Waals surface area contributed by atoms with Gasteiger partial charge in [0.1, 0.15) is 11.7 Å². The molecule has 1 aliphatic heterocycles. The summed E-state index contributed by atoms with van der Waals surface area (Å²) in [5.41, 5.74) is 7.88. The number of ether oxygens (including phenoxy) is 2. The maximum Gasteiger partial charge on any atom is 0.223 e. The number of benzene rings is 2. The molecule has 0 radical (unpaired) electrons. The molecule has 1 amide bonds. The number of aliphatic imine (C=N–C) groups is 1. The lowest BCUT2D eigenvalue weighted by atomic mass is 10.1. The Balaban J connectivity index is 1.64. The smallest absolute Gasteiger partial charge is 0.223 e. The van der Waals surface area contributed by atoms with Gasteiger partial charge < -0.3 is 35.8 Å². The number of aliphatic hydroxyl groups is 1. The summed E-state index contributed by atoms with van der Waals surface area (Å²) in [7, 11) is 1.56. The van der Waals surface area contributed by atoms with Crippen LogP contribution in [-0.4, -0.2) is 66.6 Å². The molecule has 6 N–H and O–H groups in total. The van der Waals surface area contributed by atoms with E-state index in [4.69, 9.17) is 20.2 Å². The number of rotatable bonds is 12. The van der Waals surface area contributed by atoms with Gasteiger partial charge in [-0.15, -0.1) is 0 Å². The van der Waals surface area contributed by atoms with Gasteiger partial charge in [-0.05, 0) is 44.2 Å². The van der Waals surface area contributed by atoms with Gasteiger partial charge in [-0.1, -0.05) is 6.07 Å². The molecule has 0 saturated heterocycles. The number of aromatic nitrogens is 2. The first-order valence-corrected chi connectivity index (χ1v) is 12.3. The number of methoxy groups -OCH3 is 1. The number of nitrogens with zero attached hydrogens (tertiary/aromatic N) is 3. The maximum atomic E-state index is 14.1. The van der Waals surface area contributed by atoms with E-state index in [9.17, 15) is 14.3 Å². The molecule has 0 bridgehead atoms. The van der Waals surface area contributed by atoms with Crippen molar-refractivity contribution in [2.45, 2.75) is 25.9 Å². The van der Waals surface area contributed by atoms with Crippen LogP contribution in [0.25, 0.3) is 0 Å². The van der Waals surface area contributed by atoms with E-state index in [0.717, 1.165) is 12.1 Å². The van der Waals surface area contributed by atoms with Crippen LogP contribution in [-0.2, 0) is 11.2 Å². The molecule has 0 aliphatic carbocycles. The van der Waals surface area contributed by atoms with Crippen LogP contribution in [0.1, 0.15) is 24.6 Å². The third-order valence-corrected chi connectivity index (χ3v) is 5.75. The first-order chi connectivity index (χ1) is 18.3. The van der Waals surface area contributed by atoms with E-state index < -0.39 is 12.0 Å². The van der Waals surface area contributed by atoms with E-state index in [0.29, 0.717) is 66.5 Å². The fourth-order valence-electron chi connectivity index (χ4n) is 4.01. The van der Waals surface area contributed by atoms with Crippen molar-refractivity contribution in [3.63, 3.8) is 0 Å². The number of anilines is 2. The highest BCUT2D eigenvalue weighted by Gasteiger charge is 2.27. The van der Waals surface area contributed by atoms with Gasteiger partial charge in [0, 0.05) is 35.6 Å². The monoisotopic (exact) mass is 525 g/mol. The summed E-state index contributed by atoms with van der Waals surface area (Å²) in [6.07, 6.45) is 0.349. The third kappa shape index (κ3) is 6.78. The molecular formula is C26H32FN7O4. The van der Waals surface area contributed by atoms with Crippen LogP contribution in [0, 0.1) is 5.82 Å². The Hall–Kier alpha value is -4.16. The predicted molar refractivity (Wildman–Crippen MR) is 143 cm³/mol. The van der Waals surface area contributed by atoms with Crippen molar-refractivity contribution in [3.05, 3.63) is 59.5 Å². The number of hydrogen-bond acceptors (Lipinski definition) is 8. The number of primary amides is 1. The molecule has 1 aliphatic rings. The molecule has 2 heterocycles. The second-order valence-electron chi connectivity index (χ2n) is 8.88. The summed E-state index contributed by atoms with van der Waals surface area (Å²) in [5, 5.41) is 22.8. The number of hydrogen-bond donors (Lipinski definition) is 5. The molecular weight excluding hydrogens is 493 g/mol. The first-order valence-electron chi connectivity index (χ1n) is 12.3. The number of carbonyl (C=O) groups is 1. The Labute approximate surface area is 219 Å². The van der Waals surface area contributed by atoms with Gasteiger partial charge in [0.05, 0.1) is 38.6 Å². The zero-order chi connectivity index (χ0) is 27.1. The number of amidine groups is 1. The van der Waals surface area contributed by atoms with Crippen molar-refractivity contribution in [3.8, 4) is 11.5 Å². The summed E-state index contributed by atoms with van der Waals surface area (Å²) >= 11 is 0. The molecule has 1 aromatic heterocycles. The topological polar surface area (TPSA) is 150 Å². The molecule has 0 spiro atoms. The number of H-pyrrole nitrogens is 1. The van der Waals surface area contributed by atoms with E-state index in [2.05, 4.69) is 20.8 Å². The van der Waals surface area contributed by atoms with Gasteiger partial charge in [-0.3, -0.25) is 9.89 Å². The minimum Gasteiger partial charge on any atom is -0.493 e. The summed E-state index contributed by atoms with van der Waals surface area (Å²) in [4.78, 5) is 17.9. The van der Waals surface area contributed by atoms with Crippen molar-refractivity contribution in [2.24, 2.45) is 10.7 Å². The Morgan fingerprint density at radius 1 is 1.32 bits per heavy atom. The molecule has 0 saturated carbocycles. The zero-order valence-electron chi connectivity index (χ0n) is 21.3. The number of carbonyl (C=O) groups excluding carboxylic acids is 1. The fraction of sp³-hybridized carbons (Fsp3) is 0.346. The lowest BCUT2D eigenvalue weighted by Gasteiger charge is -2.33. The summed E-state index contributed by atoms with van der Waals surface area (Å²) < 4.78 is 25.7. The number of halogens is 1. The lowest BCUT2D eigenvalue weighted by molar-refractivity contribution is -0.117. The van der Waals surface area contributed by atoms with Crippen molar-refractivity contribution >= 4 is 28.9 Å². The molecule has 12 heteroatoms. The number of aliphatic hydroxyl groups excluding tert-OH is 1. The summed E-state index contributed by atoms with van der Waals surface area (Å²) in [6, 6.07) is 11.5. The van der Waals surface area contributed by atoms with Crippen molar-refractivity contribution in [1.29, 1.82) is 0 Å². The molecule has 3 aromatic rings. The molecule has 11 nitrogen and oxygen atoms in total. The average Bonchev–Trinajstić information content (AvgIpc) is 3.31. The molecule has 4 rings (SSSR count). The molecule has 0 fully saturated rings.